The van der Waals surface area contributed by atoms with Crippen LogP contribution in [0.4, 0.5) is 4.39 Å². The summed E-state index contributed by atoms with van der Waals surface area (Å²) in [6, 6.07) is 7.54. The Bertz CT molecular complexity index is 356. The molecule has 17 heavy (non-hydrogen) atoms. The molecule has 1 N–H and O–H groups in total. The Morgan fingerprint density at radius 1 is 1.41 bits per heavy atom. The van der Waals surface area contributed by atoms with Crippen molar-refractivity contribution in [1.82, 2.24) is 5.32 Å². The van der Waals surface area contributed by atoms with Crippen LogP contribution in [0.15, 0.2) is 29.2 Å². The van der Waals surface area contributed by atoms with Crippen LogP contribution in [0.5, 0.6) is 0 Å². The van der Waals surface area contributed by atoms with Gasteiger partial charge in [0.15, 0.2) is 0 Å². The van der Waals surface area contributed by atoms with E-state index in [1.807, 2.05) is 17.8 Å². The summed E-state index contributed by atoms with van der Waals surface area (Å²) in [5.41, 5.74) is 0. The third-order valence-corrected chi connectivity index (χ3v) is 4.59. The molecule has 1 aliphatic carbocycles. The summed E-state index contributed by atoms with van der Waals surface area (Å²) in [4.78, 5) is 1.06. The zero-order valence-corrected chi connectivity index (χ0v) is 11.1. The largest absolute Gasteiger partial charge is 0.313 e. The van der Waals surface area contributed by atoms with Crippen molar-refractivity contribution in [2.24, 2.45) is 0 Å². The fourth-order valence-corrected chi connectivity index (χ4v) is 3.71. The average molecular weight is 253 g/mol. The lowest BCUT2D eigenvalue weighted by Crippen LogP contribution is -2.34. The van der Waals surface area contributed by atoms with Crippen molar-refractivity contribution < 1.29 is 4.39 Å². The van der Waals surface area contributed by atoms with Crippen molar-refractivity contribution in [2.75, 3.05) is 6.54 Å². The smallest absolute Gasteiger partial charge is 0.124 e. The molecule has 1 nitrogen and oxygen atoms in total. The summed E-state index contributed by atoms with van der Waals surface area (Å²) >= 11 is 1.82. The highest BCUT2D eigenvalue weighted by molar-refractivity contribution is 8.00. The molecule has 1 aromatic carbocycles. The van der Waals surface area contributed by atoms with Crippen molar-refractivity contribution >= 4 is 11.8 Å². The maximum absolute atomic E-state index is 13.1. The molecule has 0 heterocycles. The van der Waals surface area contributed by atoms with E-state index < -0.39 is 0 Å². The van der Waals surface area contributed by atoms with Gasteiger partial charge in [-0.15, -0.1) is 11.8 Å². The first-order valence-corrected chi connectivity index (χ1v) is 7.33. The molecule has 2 rings (SSSR count). The molecular weight excluding hydrogens is 233 g/mol. The van der Waals surface area contributed by atoms with Crippen LogP contribution < -0.4 is 5.32 Å². The van der Waals surface area contributed by atoms with Gasteiger partial charge in [-0.2, -0.15) is 0 Å². The third kappa shape index (κ3) is 3.71. The van der Waals surface area contributed by atoms with Gasteiger partial charge in [0.05, 0.1) is 0 Å². The van der Waals surface area contributed by atoms with Crippen LogP contribution in [0.3, 0.4) is 0 Å². The van der Waals surface area contributed by atoms with Crippen LogP contribution in [-0.2, 0) is 0 Å². The highest BCUT2D eigenvalue weighted by Gasteiger charge is 2.27. The van der Waals surface area contributed by atoms with Gasteiger partial charge in [-0.3, -0.25) is 0 Å². The summed E-state index contributed by atoms with van der Waals surface area (Å²) in [6.45, 7) is 3.28. The Labute approximate surface area is 107 Å². The summed E-state index contributed by atoms with van der Waals surface area (Å²) in [5, 5.41) is 4.20. The number of halogens is 1. The minimum atomic E-state index is -0.133. The first-order chi connectivity index (χ1) is 8.29. The molecule has 1 fully saturated rings. The van der Waals surface area contributed by atoms with Crippen LogP contribution in [0.1, 0.15) is 32.6 Å². The second-order valence-corrected chi connectivity index (χ2v) is 5.92. The van der Waals surface area contributed by atoms with Gasteiger partial charge in [0.2, 0.25) is 0 Å². The fourth-order valence-electron chi connectivity index (χ4n) is 2.35. The molecule has 0 amide bonds. The van der Waals surface area contributed by atoms with Crippen molar-refractivity contribution in [3.8, 4) is 0 Å². The SMILES string of the molecule is CCCNC1CCCC1Sc1cccc(F)c1. The molecule has 94 valence electrons. The molecule has 2 atom stereocenters. The van der Waals surface area contributed by atoms with Gasteiger partial charge in [-0.25, -0.2) is 4.39 Å². The molecule has 2 unspecified atom stereocenters. The molecule has 1 saturated carbocycles. The molecule has 0 bridgehead atoms. The van der Waals surface area contributed by atoms with E-state index in [9.17, 15) is 4.39 Å². The number of hydrogen-bond acceptors (Lipinski definition) is 2. The maximum Gasteiger partial charge on any atom is 0.124 e. The molecule has 0 saturated heterocycles. The standard InChI is InChI=1S/C14H20FNS/c1-2-9-16-13-7-4-8-14(13)17-12-6-3-5-11(15)10-12/h3,5-6,10,13-14,16H,2,4,7-9H2,1H3. The molecule has 0 radical (unpaired) electrons. The minimum Gasteiger partial charge on any atom is -0.313 e. The summed E-state index contributed by atoms with van der Waals surface area (Å²) in [5.74, 6) is -0.133. The van der Waals surface area contributed by atoms with Crippen LogP contribution >= 0.6 is 11.8 Å². The van der Waals surface area contributed by atoms with Gasteiger partial charge < -0.3 is 5.32 Å². The molecule has 1 aliphatic rings. The van der Waals surface area contributed by atoms with E-state index in [0.29, 0.717) is 11.3 Å². The van der Waals surface area contributed by atoms with Crippen LogP contribution in [-0.4, -0.2) is 17.8 Å². The molecule has 3 heteroatoms. The number of nitrogens with one attached hydrogen (secondary N) is 1. The van der Waals surface area contributed by atoms with Crippen LogP contribution in [0.2, 0.25) is 0 Å². The molecule has 1 aromatic rings. The van der Waals surface area contributed by atoms with E-state index in [1.165, 1.54) is 31.7 Å². The van der Waals surface area contributed by atoms with Gasteiger partial charge >= 0.3 is 0 Å². The highest BCUT2D eigenvalue weighted by Crippen LogP contribution is 2.35. The quantitative estimate of drug-likeness (QED) is 0.855. The van der Waals surface area contributed by atoms with E-state index >= 15 is 0 Å². The van der Waals surface area contributed by atoms with E-state index in [1.54, 1.807) is 12.1 Å². The normalized spacial score (nSPS) is 24.1. The lowest BCUT2D eigenvalue weighted by Gasteiger charge is -2.20. The highest BCUT2D eigenvalue weighted by atomic mass is 32.2. The van der Waals surface area contributed by atoms with Gasteiger partial charge in [0, 0.05) is 16.2 Å². The Balaban J connectivity index is 1.93. The molecule has 0 aromatic heterocycles. The zero-order chi connectivity index (χ0) is 12.1. The maximum atomic E-state index is 13.1. The van der Waals surface area contributed by atoms with Crippen molar-refractivity contribution in [3.63, 3.8) is 0 Å². The molecule has 0 spiro atoms. The second-order valence-electron chi connectivity index (χ2n) is 4.61. The van der Waals surface area contributed by atoms with Crippen molar-refractivity contribution in [1.29, 1.82) is 0 Å². The van der Waals surface area contributed by atoms with E-state index in [-0.39, 0.29) is 5.82 Å². The number of rotatable bonds is 5. The lowest BCUT2D eigenvalue weighted by atomic mass is 10.2. The predicted octanol–water partition coefficient (Wildman–Crippen LogP) is 3.84. The van der Waals surface area contributed by atoms with Gasteiger partial charge in [0.1, 0.15) is 5.82 Å². The monoisotopic (exact) mass is 253 g/mol. The first-order valence-electron chi connectivity index (χ1n) is 6.45. The summed E-state index contributed by atoms with van der Waals surface area (Å²) < 4.78 is 13.1. The van der Waals surface area contributed by atoms with Crippen LogP contribution in [0, 0.1) is 5.82 Å². The summed E-state index contributed by atoms with van der Waals surface area (Å²) in [7, 11) is 0. The van der Waals surface area contributed by atoms with Gasteiger partial charge in [-0.05, 0) is 44.0 Å². The Kier molecular flexibility index (Phi) is 4.86. The average Bonchev–Trinajstić information content (AvgIpc) is 2.74. The molecular formula is C14H20FNS. The van der Waals surface area contributed by atoms with Crippen LogP contribution in [0.25, 0.3) is 0 Å². The Hall–Kier alpha value is -0.540. The third-order valence-electron chi connectivity index (χ3n) is 3.19. The first kappa shape index (κ1) is 12.9. The zero-order valence-electron chi connectivity index (χ0n) is 10.3. The fraction of sp³-hybridized carbons (Fsp3) is 0.571. The number of hydrogen-bond donors (Lipinski definition) is 1. The van der Waals surface area contributed by atoms with E-state index in [2.05, 4.69) is 12.2 Å². The number of thioether (sulfide) groups is 1. The number of benzene rings is 1. The van der Waals surface area contributed by atoms with E-state index in [0.717, 1.165) is 11.4 Å². The lowest BCUT2D eigenvalue weighted by molar-refractivity contribution is 0.531. The van der Waals surface area contributed by atoms with Gasteiger partial charge in [-0.1, -0.05) is 19.4 Å². The molecule has 0 aliphatic heterocycles. The summed E-state index contributed by atoms with van der Waals surface area (Å²) in [6.07, 6.45) is 4.96. The Morgan fingerprint density at radius 2 is 2.29 bits per heavy atom. The minimum absolute atomic E-state index is 0.133. The topological polar surface area (TPSA) is 12.0 Å². The van der Waals surface area contributed by atoms with Crippen molar-refractivity contribution in [2.45, 2.75) is 48.8 Å². The predicted molar refractivity (Wildman–Crippen MR) is 72.0 cm³/mol. The van der Waals surface area contributed by atoms with Gasteiger partial charge in [0.25, 0.3) is 0 Å². The van der Waals surface area contributed by atoms with E-state index in [4.69, 9.17) is 0 Å². The Morgan fingerprint density at radius 3 is 3.06 bits per heavy atom. The second kappa shape index (κ2) is 6.41. The van der Waals surface area contributed by atoms with Crippen molar-refractivity contribution in [3.05, 3.63) is 30.1 Å².